The minimum Gasteiger partial charge on any atom is -0.295 e. The predicted molar refractivity (Wildman–Crippen MR) is 73.8 cm³/mol. The first kappa shape index (κ1) is 12.1. The van der Waals surface area contributed by atoms with Crippen molar-refractivity contribution >= 4 is 29.4 Å². The van der Waals surface area contributed by atoms with Crippen molar-refractivity contribution in [2.24, 2.45) is 5.92 Å². The maximum atomic E-state index is 12.7. The number of hydrogen-bond acceptors (Lipinski definition) is 4. The van der Waals surface area contributed by atoms with Gasteiger partial charge in [0.15, 0.2) is 5.78 Å². The number of benzene rings is 1. The number of rotatable bonds is 0. The van der Waals surface area contributed by atoms with Crippen LogP contribution in [0.3, 0.4) is 0 Å². The molecule has 2 atom stereocenters. The first-order valence-corrected chi connectivity index (χ1v) is 7.72. The number of hydrogen-bond donors (Lipinski definition) is 1. The Labute approximate surface area is 120 Å². The molecule has 1 aliphatic carbocycles. The van der Waals surface area contributed by atoms with E-state index < -0.39 is 17.2 Å². The fourth-order valence-electron chi connectivity index (χ4n) is 3.88. The lowest BCUT2D eigenvalue weighted by Gasteiger charge is -2.25. The fourth-order valence-corrected chi connectivity index (χ4v) is 4.98. The Morgan fingerprint density at radius 2 is 2.10 bits per heavy atom. The molecule has 4 rings (SSSR count). The van der Waals surface area contributed by atoms with Crippen molar-refractivity contribution in [3.8, 4) is 0 Å². The molecular formula is C15H13NO3S. The molecule has 1 saturated heterocycles. The molecule has 0 saturated carbocycles. The fraction of sp³-hybridized carbons (Fsp3) is 0.400. The third-order valence-corrected chi connectivity index (χ3v) is 5.84. The highest BCUT2D eigenvalue weighted by molar-refractivity contribution is 7.99. The first-order valence-electron chi connectivity index (χ1n) is 6.74. The third-order valence-electron chi connectivity index (χ3n) is 4.70. The summed E-state index contributed by atoms with van der Waals surface area (Å²) in [5, 5.41) is 2.38. The summed E-state index contributed by atoms with van der Waals surface area (Å²) >= 11 is 1.68. The molecule has 3 aliphatic rings. The maximum Gasteiger partial charge on any atom is 0.238 e. The van der Waals surface area contributed by atoms with Gasteiger partial charge in [0.1, 0.15) is 5.92 Å². The number of imide groups is 1. The van der Waals surface area contributed by atoms with Crippen molar-refractivity contribution in [2.45, 2.75) is 30.1 Å². The minimum absolute atomic E-state index is 0.176. The topological polar surface area (TPSA) is 63.2 Å². The molecule has 1 spiro atoms. The predicted octanol–water partition coefficient (Wildman–Crippen LogP) is 1.59. The Morgan fingerprint density at radius 1 is 1.30 bits per heavy atom. The Balaban J connectivity index is 2.13. The molecule has 2 heterocycles. The number of ketones is 1. The van der Waals surface area contributed by atoms with Crippen molar-refractivity contribution in [1.82, 2.24) is 5.32 Å². The van der Waals surface area contributed by atoms with Gasteiger partial charge in [0.2, 0.25) is 11.8 Å². The van der Waals surface area contributed by atoms with Crippen molar-refractivity contribution in [3.05, 3.63) is 28.8 Å². The number of carbonyl (C=O) groups is 3. The Morgan fingerprint density at radius 3 is 2.90 bits per heavy atom. The third kappa shape index (κ3) is 1.18. The summed E-state index contributed by atoms with van der Waals surface area (Å²) in [5.41, 5.74) is 1.36. The van der Waals surface area contributed by atoms with Crippen LogP contribution >= 0.6 is 11.8 Å². The zero-order chi connectivity index (χ0) is 14.1. The molecule has 1 aromatic carbocycles. The Kier molecular flexibility index (Phi) is 2.26. The van der Waals surface area contributed by atoms with Crippen LogP contribution in [-0.4, -0.2) is 23.4 Å². The summed E-state index contributed by atoms with van der Waals surface area (Å²) in [5.74, 6) is -0.809. The molecule has 4 nitrogen and oxygen atoms in total. The number of amides is 2. The first-order chi connectivity index (χ1) is 9.57. The summed E-state index contributed by atoms with van der Waals surface area (Å²) in [7, 11) is 0. The quantitative estimate of drug-likeness (QED) is 0.581. The van der Waals surface area contributed by atoms with Crippen molar-refractivity contribution in [3.63, 3.8) is 0 Å². The van der Waals surface area contributed by atoms with Gasteiger partial charge < -0.3 is 0 Å². The van der Waals surface area contributed by atoms with E-state index in [0.717, 1.165) is 28.2 Å². The molecule has 1 N–H and O–H groups in total. The van der Waals surface area contributed by atoms with E-state index in [-0.39, 0.29) is 11.7 Å². The highest BCUT2D eigenvalue weighted by atomic mass is 32.2. The van der Waals surface area contributed by atoms with Crippen LogP contribution in [0.1, 0.15) is 34.3 Å². The van der Waals surface area contributed by atoms with Crippen molar-refractivity contribution in [1.29, 1.82) is 0 Å². The Hall–Kier alpha value is -1.62. The van der Waals surface area contributed by atoms with Gasteiger partial charge in [-0.2, -0.15) is 0 Å². The van der Waals surface area contributed by atoms with Crippen LogP contribution in [0.15, 0.2) is 17.0 Å². The molecule has 1 fully saturated rings. The van der Waals surface area contributed by atoms with Crippen molar-refractivity contribution in [2.75, 3.05) is 5.75 Å². The zero-order valence-electron chi connectivity index (χ0n) is 11.0. The molecule has 5 heteroatoms. The van der Waals surface area contributed by atoms with Gasteiger partial charge in [-0.3, -0.25) is 19.7 Å². The van der Waals surface area contributed by atoms with E-state index in [9.17, 15) is 14.4 Å². The molecule has 2 amide bonds. The second-order valence-corrected chi connectivity index (χ2v) is 6.81. The summed E-state index contributed by atoms with van der Waals surface area (Å²) in [6.07, 6.45) is 1.42. The van der Waals surface area contributed by atoms with Crippen molar-refractivity contribution < 1.29 is 14.4 Å². The standard InChI is InChI=1S/C15H13NO3S/c1-7-3-4-8-10-9(7)12(17)11-13(18)16-14(19)15(10,11)5-2-6-20-8/h3-4,11H,2,5-6H2,1H3,(H,16,18,19). The lowest BCUT2D eigenvalue weighted by molar-refractivity contribution is -0.126. The summed E-state index contributed by atoms with van der Waals surface area (Å²) in [6, 6.07) is 3.90. The van der Waals surface area contributed by atoms with E-state index in [0.29, 0.717) is 12.0 Å². The molecule has 20 heavy (non-hydrogen) atoms. The second kappa shape index (κ2) is 3.73. The van der Waals surface area contributed by atoms with Gasteiger partial charge in [-0.1, -0.05) is 6.07 Å². The maximum absolute atomic E-state index is 12.7. The van der Waals surface area contributed by atoms with Gasteiger partial charge in [-0.25, -0.2) is 0 Å². The van der Waals surface area contributed by atoms with Crippen LogP contribution < -0.4 is 5.32 Å². The summed E-state index contributed by atoms with van der Waals surface area (Å²) < 4.78 is 0. The summed E-state index contributed by atoms with van der Waals surface area (Å²) in [4.78, 5) is 38.3. The molecule has 0 bridgehead atoms. The Bertz CT molecular complexity index is 697. The largest absolute Gasteiger partial charge is 0.295 e. The molecule has 0 aromatic heterocycles. The molecule has 0 radical (unpaired) electrons. The van der Waals surface area contributed by atoms with Crippen LogP contribution in [-0.2, 0) is 15.0 Å². The van der Waals surface area contributed by atoms with Gasteiger partial charge >= 0.3 is 0 Å². The summed E-state index contributed by atoms with van der Waals surface area (Å²) in [6.45, 7) is 1.88. The highest BCUT2D eigenvalue weighted by Crippen LogP contribution is 2.55. The number of aryl methyl sites for hydroxylation is 1. The average molecular weight is 287 g/mol. The lowest BCUT2D eigenvalue weighted by atomic mass is 9.73. The minimum atomic E-state index is -0.936. The van der Waals surface area contributed by atoms with Crippen LogP contribution in [0.2, 0.25) is 0 Å². The lowest BCUT2D eigenvalue weighted by Crippen LogP contribution is -2.38. The van der Waals surface area contributed by atoms with Crippen LogP contribution in [0, 0.1) is 12.8 Å². The molecular weight excluding hydrogens is 274 g/mol. The van der Waals surface area contributed by atoms with Crippen LogP contribution in [0.25, 0.3) is 0 Å². The highest BCUT2D eigenvalue weighted by Gasteiger charge is 2.65. The van der Waals surface area contributed by atoms with Crippen LogP contribution in [0.4, 0.5) is 0 Å². The number of carbonyl (C=O) groups excluding carboxylic acids is 3. The van der Waals surface area contributed by atoms with Gasteiger partial charge in [0, 0.05) is 10.5 Å². The van der Waals surface area contributed by atoms with E-state index >= 15 is 0 Å². The van der Waals surface area contributed by atoms with E-state index in [4.69, 9.17) is 0 Å². The molecule has 2 aliphatic heterocycles. The molecule has 2 unspecified atom stereocenters. The zero-order valence-corrected chi connectivity index (χ0v) is 11.8. The molecule has 1 aromatic rings. The smallest absolute Gasteiger partial charge is 0.238 e. The van der Waals surface area contributed by atoms with E-state index in [1.807, 2.05) is 19.1 Å². The van der Waals surface area contributed by atoms with Gasteiger partial charge in [-0.15, -0.1) is 11.8 Å². The van der Waals surface area contributed by atoms with Crippen LogP contribution in [0.5, 0.6) is 0 Å². The number of nitrogens with one attached hydrogen (secondary N) is 1. The average Bonchev–Trinajstić information content (AvgIpc) is 2.71. The number of thioether (sulfide) groups is 1. The normalized spacial score (nSPS) is 30.9. The van der Waals surface area contributed by atoms with Gasteiger partial charge in [-0.05, 0) is 42.7 Å². The monoisotopic (exact) mass is 287 g/mol. The van der Waals surface area contributed by atoms with Gasteiger partial charge in [0.25, 0.3) is 0 Å². The second-order valence-electron chi connectivity index (χ2n) is 5.67. The van der Waals surface area contributed by atoms with Gasteiger partial charge in [0.05, 0.1) is 5.41 Å². The SMILES string of the molecule is Cc1ccc2c3c1C(=O)C1C(=O)NC(=O)C31CCCS2. The van der Waals surface area contributed by atoms with E-state index in [1.54, 1.807) is 11.8 Å². The molecule has 102 valence electrons. The van der Waals surface area contributed by atoms with E-state index in [1.165, 1.54) is 0 Å². The van der Waals surface area contributed by atoms with E-state index in [2.05, 4.69) is 5.32 Å². The number of Topliss-reactive ketones (excluding diaryl/α,β-unsaturated/α-hetero) is 1.